The molecule has 0 spiro atoms. The summed E-state index contributed by atoms with van der Waals surface area (Å²) in [5, 5.41) is 0.928. The molecule has 0 bridgehead atoms. The summed E-state index contributed by atoms with van der Waals surface area (Å²) in [7, 11) is 0. The van der Waals surface area contributed by atoms with Crippen LogP contribution in [0, 0.1) is 0 Å². The molecule has 1 aliphatic rings. The van der Waals surface area contributed by atoms with Crippen molar-refractivity contribution in [2.24, 2.45) is 0 Å². The summed E-state index contributed by atoms with van der Waals surface area (Å²) in [6, 6.07) is 11.6. The lowest BCUT2D eigenvalue weighted by Gasteiger charge is -2.12. The number of hydrogen-bond donors (Lipinski definition) is 0. The van der Waals surface area contributed by atoms with E-state index in [9.17, 15) is 0 Å². The smallest absolute Gasteiger partial charge is 0.0836 e. The van der Waals surface area contributed by atoms with Crippen LogP contribution in [0.2, 0.25) is 10.0 Å². The van der Waals surface area contributed by atoms with Crippen molar-refractivity contribution in [2.75, 3.05) is 0 Å². The topological polar surface area (TPSA) is 9.23 Å². The van der Waals surface area contributed by atoms with E-state index >= 15 is 0 Å². The molecule has 1 unspecified atom stereocenters. The van der Waals surface area contributed by atoms with Crippen molar-refractivity contribution in [3.8, 4) is 0 Å². The second-order valence-corrected chi connectivity index (χ2v) is 5.90. The maximum Gasteiger partial charge on any atom is 0.0836 e. The standard InChI is InChI=1S/C15H11Cl3O/c16-13-4-11(5-14(17)6-13)15(18)9-1-2-10-7-19-8-12(10)3-9/h1-6,15H,7-8H2. The van der Waals surface area contributed by atoms with Gasteiger partial charge < -0.3 is 4.74 Å². The average Bonchev–Trinajstić information content (AvgIpc) is 2.83. The van der Waals surface area contributed by atoms with Crippen LogP contribution in [0.3, 0.4) is 0 Å². The first-order chi connectivity index (χ1) is 9.13. The van der Waals surface area contributed by atoms with Crippen LogP contribution in [0.5, 0.6) is 0 Å². The van der Waals surface area contributed by atoms with E-state index in [1.54, 1.807) is 6.07 Å². The summed E-state index contributed by atoms with van der Waals surface area (Å²) in [5.74, 6) is 0. The van der Waals surface area contributed by atoms with Gasteiger partial charge in [-0.15, -0.1) is 11.6 Å². The first kappa shape index (κ1) is 13.3. The summed E-state index contributed by atoms with van der Waals surface area (Å²) in [6.45, 7) is 1.34. The zero-order valence-corrected chi connectivity index (χ0v) is 12.3. The molecule has 1 aliphatic heterocycles. The third-order valence-corrected chi connectivity index (χ3v) is 4.16. The maximum atomic E-state index is 6.52. The second kappa shape index (κ2) is 5.34. The third kappa shape index (κ3) is 2.75. The molecule has 0 saturated carbocycles. The Hall–Kier alpha value is -0.730. The van der Waals surface area contributed by atoms with Crippen LogP contribution in [-0.4, -0.2) is 0 Å². The fourth-order valence-corrected chi connectivity index (χ4v) is 3.07. The van der Waals surface area contributed by atoms with Gasteiger partial charge >= 0.3 is 0 Å². The van der Waals surface area contributed by atoms with Crippen molar-refractivity contribution >= 4 is 34.8 Å². The lowest BCUT2D eigenvalue weighted by Crippen LogP contribution is -1.95. The molecule has 4 heteroatoms. The van der Waals surface area contributed by atoms with Gasteiger partial charge in [0.25, 0.3) is 0 Å². The molecule has 1 atom stereocenters. The van der Waals surface area contributed by atoms with E-state index in [0.717, 1.165) is 11.1 Å². The van der Waals surface area contributed by atoms with Crippen molar-refractivity contribution in [3.05, 3.63) is 68.7 Å². The predicted molar refractivity (Wildman–Crippen MR) is 79.1 cm³/mol. The number of ether oxygens (including phenoxy) is 1. The molecule has 0 N–H and O–H groups in total. The highest BCUT2D eigenvalue weighted by Crippen LogP contribution is 2.34. The minimum absolute atomic E-state index is 0.262. The average molecular weight is 314 g/mol. The molecule has 1 heterocycles. The molecule has 19 heavy (non-hydrogen) atoms. The Bertz CT molecular complexity index is 605. The molecule has 0 aliphatic carbocycles. The molecular weight excluding hydrogens is 303 g/mol. The van der Waals surface area contributed by atoms with Crippen LogP contribution in [0.15, 0.2) is 36.4 Å². The Morgan fingerprint density at radius 1 is 0.842 bits per heavy atom. The SMILES string of the molecule is Clc1cc(Cl)cc(C(Cl)c2ccc3c(c2)COC3)c1. The number of rotatable bonds is 2. The van der Waals surface area contributed by atoms with Crippen molar-refractivity contribution in [2.45, 2.75) is 18.6 Å². The van der Waals surface area contributed by atoms with Crippen LogP contribution < -0.4 is 0 Å². The van der Waals surface area contributed by atoms with Gasteiger partial charge in [-0.1, -0.05) is 41.4 Å². The number of alkyl halides is 1. The quantitative estimate of drug-likeness (QED) is 0.679. The highest BCUT2D eigenvalue weighted by molar-refractivity contribution is 6.35. The van der Waals surface area contributed by atoms with Gasteiger partial charge in [0.2, 0.25) is 0 Å². The number of hydrogen-bond acceptors (Lipinski definition) is 1. The number of benzene rings is 2. The summed E-state index contributed by atoms with van der Waals surface area (Å²) in [5.41, 5.74) is 4.37. The lowest BCUT2D eigenvalue weighted by atomic mass is 10.00. The van der Waals surface area contributed by atoms with Gasteiger partial charge in [-0.3, -0.25) is 0 Å². The third-order valence-electron chi connectivity index (χ3n) is 3.22. The molecule has 0 radical (unpaired) electrons. The summed E-state index contributed by atoms with van der Waals surface area (Å²) in [6.07, 6.45) is 0. The van der Waals surface area contributed by atoms with E-state index in [-0.39, 0.29) is 5.38 Å². The summed E-state index contributed by atoms with van der Waals surface area (Å²) < 4.78 is 5.41. The molecule has 3 rings (SSSR count). The van der Waals surface area contributed by atoms with Gasteiger partial charge in [-0.05, 0) is 40.5 Å². The summed E-state index contributed by atoms with van der Waals surface area (Å²) in [4.78, 5) is 0. The van der Waals surface area contributed by atoms with Gasteiger partial charge in [0.15, 0.2) is 0 Å². The first-order valence-electron chi connectivity index (χ1n) is 5.93. The summed E-state index contributed by atoms with van der Waals surface area (Å²) >= 11 is 18.5. The second-order valence-electron chi connectivity index (χ2n) is 4.59. The van der Waals surface area contributed by atoms with E-state index in [1.807, 2.05) is 18.2 Å². The molecule has 2 aromatic rings. The Balaban J connectivity index is 1.97. The van der Waals surface area contributed by atoms with Gasteiger partial charge in [-0.2, -0.15) is 0 Å². The van der Waals surface area contributed by atoms with Crippen LogP contribution >= 0.6 is 34.8 Å². The lowest BCUT2D eigenvalue weighted by molar-refractivity contribution is 0.134. The monoisotopic (exact) mass is 312 g/mol. The first-order valence-corrected chi connectivity index (χ1v) is 7.12. The molecule has 0 saturated heterocycles. The Morgan fingerprint density at radius 3 is 2.26 bits per heavy atom. The van der Waals surface area contributed by atoms with E-state index in [1.165, 1.54) is 11.1 Å². The fourth-order valence-electron chi connectivity index (χ4n) is 2.26. The van der Waals surface area contributed by atoms with Crippen molar-refractivity contribution in [3.63, 3.8) is 0 Å². The van der Waals surface area contributed by atoms with Crippen LogP contribution in [0.4, 0.5) is 0 Å². The van der Waals surface area contributed by atoms with Gasteiger partial charge in [-0.25, -0.2) is 0 Å². The van der Waals surface area contributed by atoms with Crippen LogP contribution in [0.25, 0.3) is 0 Å². The van der Waals surface area contributed by atoms with Crippen molar-refractivity contribution < 1.29 is 4.74 Å². The minimum Gasteiger partial charge on any atom is -0.372 e. The van der Waals surface area contributed by atoms with Crippen LogP contribution in [-0.2, 0) is 18.0 Å². The molecule has 0 fully saturated rings. The molecular formula is C15H11Cl3O. The van der Waals surface area contributed by atoms with Gasteiger partial charge in [0.1, 0.15) is 0 Å². The highest BCUT2D eigenvalue weighted by atomic mass is 35.5. The van der Waals surface area contributed by atoms with Crippen molar-refractivity contribution in [1.29, 1.82) is 0 Å². The normalized spacial score (nSPS) is 15.3. The van der Waals surface area contributed by atoms with E-state index in [4.69, 9.17) is 39.5 Å². The molecule has 98 valence electrons. The maximum absolute atomic E-state index is 6.52. The minimum atomic E-state index is -0.262. The van der Waals surface area contributed by atoms with Crippen LogP contribution in [0.1, 0.15) is 27.6 Å². The van der Waals surface area contributed by atoms with Crippen molar-refractivity contribution in [1.82, 2.24) is 0 Å². The zero-order valence-electron chi connectivity index (χ0n) is 10.00. The highest BCUT2D eigenvalue weighted by Gasteiger charge is 2.17. The molecule has 2 aromatic carbocycles. The van der Waals surface area contributed by atoms with E-state index in [0.29, 0.717) is 23.3 Å². The largest absolute Gasteiger partial charge is 0.372 e. The Morgan fingerprint density at radius 2 is 1.53 bits per heavy atom. The zero-order chi connectivity index (χ0) is 13.4. The Kier molecular flexibility index (Phi) is 3.72. The van der Waals surface area contributed by atoms with Gasteiger partial charge in [0.05, 0.1) is 18.6 Å². The van der Waals surface area contributed by atoms with E-state index < -0.39 is 0 Å². The molecule has 0 aromatic heterocycles. The van der Waals surface area contributed by atoms with E-state index in [2.05, 4.69) is 12.1 Å². The molecule has 1 nitrogen and oxygen atoms in total. The number of halogens is 3. The van der Waals surface area contributed by atoms with Gasteiger partial charge in [0, 0.05) is 10.0 Å². The predicted octanol–water partition coefficient (Wildman–Crippen LogP) is 5.35. The molecule has 0 amide bonds. The Labute approximate surface area is 127 Å². The fraction of sp³-hybridized carbons (Fsp3) is 0.200. The number of fused-ring (bicyclic) bond motifs is 1.